The van der Waals surface area contributed by atoms with E-state index in [1.165, 1.54) is 0 Å². The maximum Gasteiger partial charge on any atom is 0.159 e. The largest absolute Gasteiger partial charge is 0.295 e. The van der Waals surface area contributed by atoms with Gasteiger partial charge in [0.2, 0.25) is 0 Å². The van der Waals surface area contributed by atoms with E-state index in [0.717, 1.165) is 19.3 Å². The summed E-state index contributed by atoms with van der Waals surface area (Å²) in [5.74, 6) is -0.0472. The van der Waals surface area contributed by atoms with E-state index in [9.17, 15) is 9.59 Å². The van der Waals surface area contributed by atoms with Gasteiger partial charge in [0, 0.05) is 11.8 Å². The van der Waals surface area contributed by atoms with Gasteiger partial charge < -0.3 is 0 Å². The van der Waals surface area contributed by atoms with E-state index in [1.54, 1.807) is 12.2 Å². The Bertz CT molecular complexity index is 456. The number of ketones is 2. The van der Waals surface area contributed by atoms with Crippen LogP contribution >= 0.6 is 0 Å². The van der Waals surface area contributed by atoms with Crippen molar-refractivity contribution in [2.75, 3.05) is 0 Å². The molecule has 0 aliphatic heterocycles. The van der Waals surface area contributed by atoms with Crippen LogP contribution in [-0.2, 0) is 9.59 Å². The molecule has 2 aliphatic rings. The Kier molecular flexibility index (Phi) is 4.31. The summed E-state index contributed by atoms with van der Waals surface area (Å²) in [4.78, 5) is 24.5. The molecule has 1 unspecified atom stereocenters. The van der Waals surface area contributed by atoms with Crippen LogP contribution in [0.5, 0.6) is 0 Å². The number of carbonyl (C=O) groups excluding carboxylic acids is 2. The molecular formula is C17H20O2. The second kappa shape index (κ2) is 5.96. The maximum absolute atomic E-state index is 12.3. The van der Waals surface area contributed by atoms with Gasteiger partial charge in [-0.15, -0.1) is 13.2 Å². The number of carbonyl (C=O) groups is 2. The van der Waals surface area contributed by atoms with Gasteiger partial charge in [-0.25, -0.2) is 0 Å². The van der Waals surface area contributed by atoms with E-state index in [4.69, 9.17) is 0 Å². The van der Waals surface area contributed by atoms with Crippen molar-refractivity contribution in [1.82, 2.24) is 0 Å². The van der Waals surface area contributed by atoms with Crippen molar-refractivity contribution in [3.8, 4) is 0 Å². The number of rotatable bonds is 4. The lowest BCUT2D eigenvalue weighted by Gasteiger charge is -2.36. The molecule has 100 valence electrons. The molecule has 0 bridgehead atoms. The summed E-state index contributed by atoms with van der Waals surface area (Å²) >= 11 is 0. The average Bonchev–Trinajstić information content (AvgIpc) is 2.40. The van der Waals surface area contributed by atoms with Gasteiger partial charge in [0.1, 0.15) is 0 Å². The minimum Gasteiger partial charge on any atom is -0.295 e. The summed E-state index contributed by atoms with van der Waals surface area (Å²) in [5, 5.41) is 0. The maximum atomic E-state index is 12.3. The van der Waals surface area contributed by atoms with Crippen LogP contribution in [0.4, 0.5) is 0 Å². The lowest BCUT2D eigenvalue weighted by molar-refractivity contribution is -0.131. The molecule has 0 aromatic rings. The van der Waals surface area contributed by atoms with Gasteiger partial charge in [-0.05, 0) is 43.3 Å². The zero-order chi connectivity index (χ0) is 13.8. The van der Waals surface area contributed by atoms with E-state index < -0.39 is 0 Å². The molecule has 0 spiro atoms. The van der Waals surface area contributed by atoms with Gasteiger partial charge in [-0.3, -0.25) is 9.59 Å². The standard InChI is InChI=1S/C17H20O2/c1-3-7-13-9-6-11-15(19)17(13)16-12(4-2)8-5-10-14(16)18/h3-6,10-13,16-17H,1-2,7-9H2/t12-,13-,16+,17?/m1/s1. The highest BCUT2D eigenvalue weighted by Gasteiger charge is 2.42. The molecule has 0 saturated heterocycles. The molecule has 0 saturated carbocycles. The molecule has 0 aromatic carbocycles. The Morgan fingerprint density at radius 2 is 1.68 bits per heavy atom. The Balaban J connectivity index is 2.34. The Hall–Kier alpha value is -1.70. The average molecular weight is 256 g/mol. The SMILES string of the molecule is C=CC[C@@H]1CC=CC(=O)C1[C@@H]1C(=O)C=CC[C@H]1C=C. The molecule has 0 radical (unpaired) electrons. The van der Waals surface area contributed by atoms with Crippen LogP contribution in [0.3, 0.4) is 0 Å². The van der Waals surface area contributed by atoms with Crippen LogP contribution in [0.1, 0.15) is 19.3 Å². The fraction of sp³-hybridized carbons (Fsp3) is 0.412. The van der Waals surface area contributed by atoms with Gasteiger partial charge in [0.15, 0.2) is 11.6 Å². The van der Waals surface area contributed by atoms with E-state index >= 15 is 0 Å². The zero-order valence-corrected chi connectivity index (χ0v) is 11.1. The van der Waals surface area contributed by atoms with Crippen molar-refractivity contribution in [1.29, 1.82) is 0 Å². The number of allylic oxidation sites excluding steroid dienone is 6. The topological polar surface area (TPSA) is 34.1 Å². The van der Waals surface area contributed by atoms with Gasteiger partial charge in [-0.1, -0.05) is 24.3 Å². The number of hydrogen-bond acceptors (Lipinski definition) is 2. The molecule has 0 fully saturated rings. The molecule has 0 heterocycles. The molecule has 0 aromatic heterocycles. The van der Waals surface area contributed by atoms with Crippen molar-refractivity contribution in [2.45, 2.75) is 19.3 Å². The monoisotopic (exact) mass is 256 g/mol. The number of hydrogen-bond donors (Lipinski definition) is 0. The molecule has 0 amide bonds. The highest BCUT2D eigenvalue weighted by molar-refractivity contribution is 6.00. The first-order valence-corrected chi connectivity index (χ1v) is 6.83. The van der Waals surface area contributed by atoms with Gasteiger partial charge in [0.05, 0.1) is 0 Å². The lowest BCUT2D eigenvalue weighted by atomic mass is 9.65. The molecule has 19 heavy (non-hydrogen) atoms. The third-order valence-electron chi connectivity index (χ3n) is 4.20. The third kappa shape index (κ3) is 2.67. The first kappa shape index (κ1) is 13.7. The fourth-order valence-electron chi connectivity index (χ4n) is 3.27. The lowest BCUT2D eigenvalue weighted by Crippen LogP contribution is -2.40. The van der Waals surface area contributed by atoms with Crippen molar-refractivity contribution in [3.63, 3.8) is 0 Å². The predicted molar refractivity (Wildman–Crippen MR) is 76.5 cm³/mol. The summed E-state index contributed by atoms with van der Waals surface area (Å²) in [7, 11) is 0. The van der Waals surface area contributed by atoms with Gasteiger partial charge in [0.25, 0.3) is 0 Å². The zero-order valence-electron chi connectivity index (χ0n) is 11.1. The highest BCUT2D eigenvalue weighted by Crippen LogP contribution is 2.39. The van der Waals surface area contributed by atoms with Crippen molar-refractivity contribution in [3.05, 3.63) is 49.6 Å². The Morgan fingerprint density at radius 1 is 1.05 bits per heavy atom. The smallest absolute Gasteiger partial charge is 0.159 e. The minimum atomic E-state index is -0.245. The molecule has 2 nitrogen and oxygen atoms in total. The first-order chi connectivity index (χ1) is 9.19. The van der Waals surface area contributed by atoms with Crippen LogP contribution in [0, 0.1) is 23.7 Å². The van der Waals surface area contributed by atoms with Crippen molar-refractivity contribution in [2.24, 2.45) is 23.7 Å². The quantitative estimate of drug-likeness (QED) is 0.723. The molecule has 2 aliphatic carbocycles. The Labute approximate surface area is 114 Å². The first-order valence-electron chi connectivity index (χ1n) is 6.83. The summed E-state index contributed by atoms with van der Waals surface area (Å²) in [6.07, 6.45) is 13.2. The molecule has 0 N–H and O–H groups in total. The highest BCUT2D eigenvalue weighted by atomic mass is 16.1. The van der Waals surface area contributed by atoms with Gasteiger partial charge in [-0.2, -0.15) is 0 Å². The van der Waals surface area contributed by atoms with Crippen LogP contribution in [-0.4, -0.2) is 11.6 Å². The van der Waals surface area contributed by atoms with Crippen LogP contribution in [0.2, 0.25) is 0 Å². The van der Waals surface area contributed by atoms with E-state index in [0.29, 0.717) is 0 Å². The van der Waals surface area contributed by atoms with Crippen molar-refractivity contribution >= 4 is 11.6 Å². The Morgan fingerprint density at radius 3 is 2.32 bits per heavy atom. The van der Waals surface area contributed by atoms with E-state index in [2.05, 4.69) is 13.2 Å². The third-order valence-corrected chi connectivity index (χ3v) is 4.20. The van der Waals surface area contributed by atoms with Crippen LogP contribution < -0.4 is 0 Å². The molecular weight excluding hydrogens is 236 g/mol. The summed E-state index contributed by atoms with van der Waals surface area (Å²) < 4.78 is 0. The van der Waals surface area contributed by atoms with Crippen molar-refractivity contribution < 1.29 is 9.59 Å². The van der Waals surface area contributed by atoms with Gasteiger partial charge >= 0.3 is 0 Å². The summed E-state index contributed by atoms with van der Waals surface area (Å²) in [6.45, 7) is 7.59. The molecule has 2 heteroatoms. The minimum absolute atomic E-state index is 0.0684. The molecule has 4 atom stereocenters. The second-order valence-corrected chi connectivity index (χ2v) is 5.32. The summed E-state index contributed by atoms with van der Waals surface area (Å²) in [6, 6.07) is 0. The second-order valence-electron chi connectivity index (χ2n) is 5.32. The van der Waals surface area contributed by atoms with E-state index in [1.807, 2.05) is 24.3 Å². The summed E-state index contributed by atoms with van der Waals surface area (Å²) in [5.41, 5.74) is 0. The van der Waals surface area contributed by atoms with E-state index in [-0.39, 0.29) is 35.2 Å². The fourth-order valence-corrected chi connectivity index (χ4v) is 3.27. The normalized spacial score (nSPS) is 34.3. The van der Waals surface area contributed by atoms with Crippen LogP contribution in [0.15, 0.2) is 49.6 Å². The van der Waals surface area contributed by atoms with Crippen LogP contribution in [0.25, 0.3) is 0 Å². The predicted octanol–water partition coefficient (Wildman–Crippen LogP) is 3.27. The molecule has 2 rings (SSSR count).